The van der Waals surface area contributed by atoms with Crippen molar-refractivity contribution in [2.75, 3.05) is 13.1 Å². The second-order valence-electron chi connectivity index (χ2n) is 6.48. The fourth-order valence-electron chi connectivity index (χ4n) is 3.31. The van der Waals surface area contributed by atoms with E-state index in [1.54, 1.807) is 4.90 Å². The van der Waals surface area contributed by atoms with Crippen LogP contribution in [0.4, 0.5) is 0 Å². The highest BCUT2D eigenvalue weighted by atomic mass is 32.1. The highest BCUT2D eigenvalue weighted by Gasteiger charge is 2.33. The molecule has 1 aromatic carbocycles. The molecule has 2 aromatic heterocycles. The van der Waals surface area contributed by atoms with Gasteiger partial charge in [-0.05, 0) is 13.3 Å². The number of aryl methyl sites for hydroxylation is 1. The van der Waals surface area contributed by atoms with Crippen molar-refractivity contribution in [3.05, 3.63) is 47.1 Å². The summed E-state index contributed by atoms with van der Waals surface area (Å²) in [7, 11) is 0. The molecular weight excluding hydrogens is 348 g/mol. The summed E-state index contributed by atoms with van der Waals surface area (Å²) < 4.78 is 1.83. The molecule has 134 valence electrons. The lowest BCUT2D eigenvalue weighted by Crippen LogP contribution is -2.57. The third-order valence-corrected chi connectivity index (χ3v) is 5.59. The Morgan fingerprint density at radius 3 is 2.85 bits per heavy atom. The van der Waals surface area contributed by atoms with E-state index in [9.17, 15) is 9.59 Å². The van der Waals surface area contributed by atoms with Gasteiger partial charge in [0.1, 0.15) is 11.7 Å². The molecule has 1 aliphatic rings. The van der Waals surface area contributed by atoms with Crippen LogP contribution in [0, 0.1) is 6.92 Å². The van der Waals surface area contributed by atoms with Crippen LogP contribution in [-0.4, -0.2) is 45.2 Å². The fourth-order valence-corrected chi connectivity index (χ4v) is 4.16. The Kier molecular flexibility index (Phi) is 4.24. The number of imidazole rings is 1. The third kappa shape index (κ3) is 2.78. The minimum atomic E-state index is -0.411. The maximum absolute atomic E-state index is 13.1. The zero-order chi connectivity index (χ0) is 18.3. The smallest absolute Gasteiger partial charge is 0.272 e. The highest BCUT2D eigenvalue weighted by molar-refractivity contribution is 7.15. The Bertz CT molecular complexity index is 973. The number of hydrogen-bond acceptors (Lipinski definition) is 4. The van der Waals surface area contributed by atoms with Gasteiger partial charge in [0.2, 0.25) is 5.91 Å². The number of piperazine rings is 1. The minimum Gasteiger partial charge on any atom is -0.353 e. The molecule has 4 rings (SSSR count). The molecule has 0 bridgehead atoms. The maximum Gasteiger partial charge on any atom is 0.272 e. The van der Waals surface area contributed by atoms with Crippen LogP contribution in [0.15, 0.2) is 35.8 Å². The van der Waals surface area contributed by atoms with Crippen molar-refractivity contribution in [2.45, 2.75) is 26.3 Å². The summed E-state index contributed by atoms with van der Waals surface area (Å²) in [5.41, 5.74) is 3.62. The summed E-state index contributed by atoms with van der Waals surface area (Å²) in [6.45, 7) is 4.99. The Morgan fingerprint density at radius 1 is 1.35 bits per heavy atom. The van der Waals surface area contributed by atoms with E-state index in [0.717, 1.165) is 16.2 Å². The summed E-state index contributed by atoms with van der Waals surface area (Å²) in [4.78, 5) is 32.2. The van der Waals surface area contributed by atoms with Crippen molar-refractivity contribution in [3.8, 4) is 11.3 Å². The maximum atomic E-state index is 13.1. The van der Waals surface area contributed by atoms with Gasteiger partial charge in [0.15, 0.2) is 4.96 Å². The van der Waals surface area contributed by atoms with Crippen molar-refractivity contribution in [1.29, 1.82) is 0 Å². The van der Waals surface area contributed by atoms with Crippen molar-refractivity contribution in [2.24, 2.45) is 0 Å². The summed E-state index contributed by atoms with van der Waals surface area (Å²) in [6.07, 6.45) is 2.50. The average Bonchev–Trinajstić information content (AvgIpc) is 3.22. The van der Waals surface area contributed by atoms with E-state index in [0.29, 0.717) is 25.2 Å². The number of nitrogens with zero attached hydrogens (tertiary/aromatic N) is 3. The quantitative estimate of drug-likeness (QED) is 0.773. The van der Waals surface area contributed by atoms with Gasteiger partial charge < -0.3 is 10.2 Å². The van der Waals surface area contributed by atoms with Gasteiger partial charge in [-0.1, -0.05) is 36.8 Å². The molecule has 1 N–H and O–H groups in total. The van der Waals surface area contributed by atoms with Gasteiger partial charge >= 0.3 is 0 Å². The van der Waals surface area contributed by atoms with Crippen LogP contribution in [0.1, 0.15) is 29.4 Å². The summed E-state index contributed by atoms with van der Waals surface area (Å²) in [5.74, 6) is -0.199. The number of fused-ring (bicyclic) bond motifs is 1. The monoisotopic (exact) mass is 368 g/mol. The van der Waals surface area contributed by atoms with Crippen molar-refractivity contribution >= 4 is 28.1 Å². The first-order chi connectivity index (χ1) is 12.6. The molecule has 0 radical (unpaired) electrons. The second kappa shape index (κ2) is 6.57. The largest absolute Gasteiger partial charge is 0.353 e. The van der Waals surface area contributed by atoms with Crippen LogP contribution in [-0.2, 0) is 4.79 Å². The SMILES string of the molecule is CCC1C(=O)NCCN1C(=O)c1csc2nc(-c3ccc(C)cc3)cn12. The predicted molar refractivity (Wildman–Crippen MR) is 101 cm³/mol. The van der Waals surface area contributed by atoms with E-state index in [2.05, 4.69) is 10.3 Å². The van der Waals surface area contributed by atoms with Crippen molar-refractivity contribution in [1.82, 2.24) is 19.6 Å². The van der Waals surface area contributed by atoms with Crippen molar-refractivity contribution < 1.29 is 9.59 Å². The number of amides is 2. The van der Waals surface area contributed by atoms with Crippen molar-refractivity contribution in [3.63, 3.8) is 0 Å². The van der Waals surface area contributed by atoms with Gasteiger partial charge in [0, 0.05) is 30.2 Å². The minimum absolute atomic E-state index is 0.0791. The molecule has 1 atom stereocenters. The predicted octanol–water partition coefficient (Wildman–Crippen LogP) is 2.72. The topological polar surface area (TPSA) is 66.7 Å². The van der Waals surface area contributed by atoms with Crippen LogP contribution in [0.2, 0.25) is 0 Å². The first-order valence-corrected chi connectivity index (χ1v) is 9.58. The van der Waals surface area contributed by atoms with E-state index < -0.39 is 6.04 Å². The van der Waals surface area contributed by atoms with Crippen LogP contribution >= 0.6 is 11.3 Å². The molecule has 26 heavy (non-hydrogen) atoms. The van der Waals surface area contributed by atoms with E-state index in [4.69, 9.17) is 0 Å². The lowest BCUT2D eigenvalue weighted by Gasteiger charge is -2.34. The number of nitrogens with one attached hydrogen (secondary N) is 1. The molecule has 0 spiro atoms. The summed E-state index contributed by atoms with van der Waals surface area (Å²) in [5, 5.41) is 4.65. The van der Waals surface area contributed by atoms with Gasteiger partial charge in [-0.25, -0.2) is 4.98 Å². The number of hydrogen-bond donors (Lipinski definition) is 1. The third-order valence-electron chi connectivity index (χ3n) is 4.75. The normalized spacial score (nSPS) is 17.5. The highest BCUT2D eigenvalue weighted by Crippen LogP contribution is 2.25. The average molecular weight is 368 g/mol. The zero-order valence-corrected chi connectivity index (χ0v) is 15.5. The van der Waals surface area contributed by atoms with Crippen LogP contribution in [0.25, 0.3) is 16.2 Å². The van der Waals surface area contributed by atoms with Gasteiger partial charge in [-0.2, -0.15) is 0 Å². The molecule has 1 saturated heterocycles. The molecule has 2 amide bonds. The number of thiazole rings is 1. The Labute approximate surface area is 155 Å². The van der Waals surface area contributed by atoms with Crippen LogP contribution in [0.5, 0.6) is 0 Å². The molecule has 3 heterocycles. The second-order valence-corrected chi connectivity index (χ2v) is 7.32. The molecule has 0 aliphatic carbocycles. The van der Waals surface area contributed by atoms with Gasteiger partial charge in [-0.15, -0.1) is 11.3 Å². The van der Waals surface area contributed by atoms with E-state index in [1.807, 2.05) is 54.1 Å². The number of carbonyl (C=O) groups is 2. The van der Waals surface area contributed by atoms with Gasteiger partial charge in [-0.3, -0.25) is 14.0 Å². The lowest BCUT2D eigenvalue weighted by atomic mass is 10.1. The lowest BCUT2D eigenvalue weighted by molar-refractivity contribution is -0.127. The molecule has 1 fully saturated rings. The summed E-state index contributed by atoms with van der Waals surface area (Å²) in [6, 6.07) is 7.75. The number of aromatic nitrogens is 2. The van der Waals surface area contributed by atoms with E-state index in [-0.39, 0.29) is 11.8 Å². The van der Waals surface area contributed by atoms with Crippen LogP contribution < -0.4 is 5.32 Å². The first-order valence-electron chi connectivity index (χ1n) is 8.71. The molecule has 6 nitrogen and oxygen atoms in total. The molecule has 7 heteroatoms. The Hall–Kier alpha value is -2.67. The molecule has 0 saturated carbocycles. The molecule has 1 unspecified atom stereocenters. The first kappa shape index (κ1) is 16.8. The van der Waals surface area contributed by atoms with Gasteiger partial charge in [0.25, 0.3) is 5.91 Å². The van der Waals surface area contributed by atoms with Gasteiger partial charge in [0.05, 0.1) is 5.69 Å². The Morgan fingerprint density at radius 2 is 2.12 bits per heavy atom. The molecule has 1 aliphatic heterocycles. The Balaban J connectivity index is 1.69. The summed E-state index contributed by atoms with van der Waals surface area (Å²) >= 11 is 1.44. The number of rotatable bonds is 3. The van der Waals surface area contributed by atoms with Crippen LogP contribution in [0.3, 0.4) is 0 Å². The zero-order valence-electron chi connectivity index (χ0n) is 14.7. The molecular formula is C19H20N4O2S. The molecule has 3 aromatic rings. The van der Waals surface area contributed by atoms with E-state index >= 15 is 0 Å². The number of carbonyl (C=O) groups excluding carboxylic acids is 2. The fraction of sp³-hybridized carbons (Fsp3) is 0.316. The number of benzene rings is 1. The standard InChI is InChI=1S/C19H20N4O2S/c1-3-15-17(24)20-8-9-22(15)18(25)16-11-26-19-21-14(10-23(16)19)13-6-4-12(2)5-7-13/h4-7,10-11,15H,3,8-9H2,1-2H3,(H,20,24). The van der Waals surface area contributed by atoms with E-state index in [1.165, 1.54) is 16.9 Å².